The molecule has 1 fully saturated rings. The lowest BCUT2D eigenvalue weighted by atomic mass is 10.1. The molecule has 1 aliphatic rings. The molecule has 1 aromatic heterocycles. The van der Waals surface area contributed by atoms with E-state index in [0.29, 0.717) is 0 Å². The van der Waals surface area contributed by atoms with Gasteiger partial charge in [-0.15, -0.1) is 0 Å². The van der Waals surface area contributed by atoms with Crippen molar-refractivity contribution in [3.63, 3.8) is 0 Å². The van der Waals surface area contributed by atoms with Crippen molar-refractivity contribution in [3.8, 4) is 0 Å². The molecule has 0 amide bonds. The van der Waals surface area contributed by atoms with Crippen molar-refractivity contribution in [1.82, 2.24) is 9.55 Å². The van der Waals surface area contributed by atoms with Crippen LogP contribution < -0.4 is 11.2 Å². The predicted molar refractivity (Wildman–Crippen MR) is 52.9 cm³/mol. The molecule has 94 valence electrons. The molecular formula is C9H11FN2O5. The third-order valence-corrected chi connectivity index (χ3v) is 2.03. The molecule has 0 spiro atoms. The standard InChI is InChI=1S/C9H11FN2O5/c1-3-5(13)6(14)8(17-3)12-2-4(10)7(15)11-9(12)16/h2-3,5-6,8,13-14H,1H3,(H,11,15,16)/t3-,5-,6-,8-/m1/s1/i1D,3D,5D,6D,8D. The van der Waals surface area contributed by atoms with Crippen LogP contribution in [0, 0.1) is 5.82 Å². The molecule has 0 aromatic carbocycles. The number of rotatable bonds is 1. The zero-order valence-electron chi connectivity index (χ0n) is 13.2. The average Bonchev–Trinajstić information content (AvgIpc) is 2.51. The molecule has 0 saturated carbocycles. The molecule has 4 atom stereocenters. The van der Waals surface area contributed by atoms with Crippen LogP contribution in [-0.4, -0.2) is 38.0 Å². The van der Waals surface area contributed by atoms with Gasteiger partial charge in [-0.3, -0.25) is 14.3 Å². The molecule has 17 heavy (non-hydrogen) atoms. The van der Waals surface area contributed by atoms with Crippen LogP contribution in [0.1, 0.15) is 20.0 Å². The average molecular weight is 251 g/mol. The molecule has 0 aliphatic carbocycles. The van der Waals surface area contributed by atoms with Crippen molar-refractivity contribution in [1.29, 1.82) is 0 Å². The highest BCUT2D eigenvalue weighted by Crippen LogP contribution is 2.27. The summed E-state index contributed by atoms with van der Waals surface area (Å²) >= 11 is 0. The van der Waals surface area contributed by atoms with Crippen molar-refractivity contribution >= 4 is 0 Å². The minimum atomic E-state index is -3.66. The minimum Gasteiger partial charge on any atom is -0.388 e. The third kappa shape index (κ3) is 1.90. The molecule has 0 bridgehead atoms. The van der Waals surface area contributed by atoms with E-state index in [1.54, 1.807) is 0 Å². The SMILES string of the molecule is [2H]C[C@@]1([2H])O[C@@]([2H])(n2cc(F)c(=O)[nH]c2=O)[C@]([2H])(O)[C@]1([2H])O. The fourth-order valence-electron chi connectivity index (χ4n) is 1.21. The van der Waals surface area contributed by atoms with E-state index in [0.717, 1.165) is 0 Å². The van der Waals surface area contributed by atoms with Gasteiger partial charge < -0.3 is 14.9 Å². The fraction of sp³-hybridized carbons (Fsp3) is 0.556. The maximum absolute atomic E-state index is 13.3. The van der Waals surface area contributed by atoms with Crippen LogP contribution in [0.25, 0.3) is 0 Å². The number of nitrogens with one attached hydrogen (secondary N) is 1. The summed E-state index contributed by atoms with van der Waals surface area (Å²) in [4.78, 5) is 24.1. The van der Waals surface area contributed by atoms with Crippen molar-refractivity contribution in [3.05, 3.63) is 32.9 Å². The smallest absolute Gasteiger partial charge is 0.330 e. The van der Waals surface area contributed by atoms with E-state index in [4.69, 9.17) is 6.85 Å². The van der Waals surface area contributed by atoms with E-state index in [1.807, 2.05) is 0 Å². The van der Waals surface area contributed by atoms with E-state index in [-0.39, 0.29) is 10.8 Å². The van der Waals surface area contributed by atoms with E-state index >= 15 is 0 Å². The monoisotopic (exact) mass is 251 g/mol. The number of hydrogen-bond acceptors (Lipinski definition) is 5. The van der Waals surface area contributed by atoms with Gasteiger partial charge in [-0.1, -0.05) is 0 Å². The second-order valence-corrected chi connectivity index (χ2v) is 3.13. The summed E-state index contributed by atoms with van der Waals surface area (Å²) in [6.07, 6.45) is -13.4. The predicted octanol–water partition coefficient (Wildman–Crippen LogP) is -1.69. The molecule has 2 heterocycles. The Kier molecular flexibility index (Phi) is 1.68. The van der Waals surface area contributed by atoms with Gasteiger partial charge in [-0.2, -0.15) is 4.39 Å². The summed E-state index contributed by atoms with van der Waals surface area (Å²) < 4.78 is 55.6. The number of ether oxygens (including phenoxy) is 1. The normalized spacial score (nSPS) is 54.4. The number of hydrogen-bond donors (Lipinski definition) is 3. The Hall–Kier alpha value is -1.51. The number of aromatic nitrogens is 2. The van der Waals surface area contributed by atoms with Gasteiger partial charge in [-0.05, 0) is 6.90 Å². The highest BCUT2D eigenvalue weighted by molar-refractivity contribution is 4.93. The number of H-pyrrole nitrogens is 1. The highest BCUT2D eigenvalue weighted by Gasteiger charge is 2.41. The lowest BCUT2D eigenvalue weighted by molar-refractivity contribution is -0.0356. The Balaban J connectivity index is 2.77. The van der Waals surface area contributed by atoms with Crippen LogP contribution in [0.15, 0.2) is 15.8 Å². The summed E-state index contributed by atoms with van der Waals surface area (Å²) in [6, 6.07) is 0. The molecule has 0 radical (unpaired) electrons. The lowest BCUT2D eigenvalue weighted by Crippen LogP contribution is -2.38. The van der Waals surface area contributed by atoms with Gasteiger partial charge in [-0.25, -0.2) is 4.79 Å². The number of nitrogens with zero attached hydrogens (tertiary/aromatic N) is 1. The summed E-state index contributed by atoms with van der Waals surface area (Å²) in [6.45, 7) is -1.17. The first kappa shape index (κ1) is 7.04. The maximum atomic E-state index is 13.3. The van der Waals surface area contributed by atoms with Gasteiger partial charge in [0.15, 0.2) is 6.20 Å². The van der Waals surface area contributed by atoms with E-state index in [2.05, 4.69) is 4.74 Å². The van der Waals surface area contributed by atoms with Gasteiger partial charge in [0.05, 0.1) is 17.8 Å². The summed E-state index contributed by atoms with van der Waals surface area (Å²) in [5, 5.41) is 19.8. The first-order valence-electron chi connectivity index (χ1n) is 7.01. The molecule has 0 unspecified atom stereocenters. The van der Waals surface area contributed by atoms with Gasteiger partial charge in [0.1, 0.15) is 12.2 Å². The number of aromatic amines is 1. The maximum Gasteiger partial charge on any atom is 0.330 e. The Morgan fingerprint density at radius 1 is 1.59 bits per heavy atom. The van der Waals surface area contributed by atoms with Crippen molar-refractivity contribution in [2.45, 2.75) is 31.3 Å². The number of halogens is 1. The van der Waals surface area contributed by atoms with E-state index < -0.39 is 48.4 Å². The van der Waals surface area contributed by atoms with Crippen LogP contribution in [0.2, 0.25) is 0 Å². The second-order valence-electron chi connectivity index (χ2n) is 3.13. The van der Waals surface area contributed by atoms with Crippen molar-refractivity contribution < 1.29 is 26.2 Å². The van der Waals surface area contributed by atoms with Crippen LogP contribution in [-0.2, 0) is 4.74 Å². The first-order chi connectivity index (χ1) is 9.84. The lowest BCUT2D eigenvalue weighted by Gasteiger charge is -2.16. The van der Waals surface area contributed by atoms with Gasteiger partial charge in [0.25, 0.3) is 5.56 Å². The zero-order valence-corrected chi connectivity index (χ0v) is 8.23. The Labute approximate surface area is 101 Å². The van der Waals surface area contributed by atoms with Gasteiger partial charge >= 0.3 is 5.69 Å². The summed E-state index contributed by atoms with van der Waals surface area (Å²) in [5.41, 5.74) is -2.91. The first-order valence-corrected chi connectivity index (χ1v) is 4.30. The molecule has 8 heteroatoms. The van der Waals surface area contributed by atoms with Crippen LogP contribution in [0.3, 0.4) is 0 Å². The van der Waals surface area contributed by atoms with Crippen LogP contribution in [0.5, 0.6) is 0 Å². The molecule has 1 aliphatic heterocycles. The van der Waals surface area contributed by atoms with Crippen LogP contribution in [0.4, 0.5) is 4.39 Å². The molecular weight excluding hydrogens is 235 g/mol. The molecule has 3 N–H and O–H groups in total. The zero-order chi connectivity index (χ0) is 17.1. The second kappa shape index (κ2) is 4.06. The molecule has 2 rings (SSSR count). The summed E-state index contributed by atoms with van der Waals surface area (Å²) in [7, 11) is 0. The fourth-order valence-corrected chi connectivity index (χ4v) is 1.21. The van der Waals surface area contributed by atoms with Crippen molar-refractivity contribution in [2.75, 3.05) is 0 Å². The molecule has 1 aromatic rings. The molecule has 1 saturated heterocycles. The van der Waals surface area contributed by atoms with Gasteiger partial charge in [0.2, 0.25) is 5.82 Å². The molecule has 7 nitrogen and oxygen atoms in total. The Bertz CT molecular complexity index is 736. The Morgan fingerprint density at radius 2 is 2.29 bits per heavy atom. The highest BCUT2D eigenvalue weighted by atomic mass is 19.1. The third-order valence-electron chi connectivity index (χ3n) is 2.03. The minimum absolute atomic E-state index is 0.0812. The Morgan fingerprint density at radius 3 is 2.88 bits per heavy atom. The topological polar surface area (TPSA) is 105 Å². The number of aliphatic hydroxyl groups is 2. The quantitative estimate of drug-likeness (QED) is 0.552. The van der Waals surface area contributed by atoms with Crippen LogP contribution >= 0.6 is 0 Å². The van der Waals surface area contributed by atoms with E-state index in [9.17, 15) is 24.2 Å². The van der Waals surface area contributed by atoms with Crippen molar-refractivity contribution in [2.24, 2.45) is 0 Å². The summed E-state index contributed by atoms with van der Waals surface area (Å²) in [5.74, 6) is -1.56. The van der Waals surface area contributed by atoms with Gasteiger partial charge in [0, 0.05) is 1.37 Å². The largest absolute Gasteiger partial charge is 0.388 e. The van der Waals surface area contributed by atoms with E-state index in [1.165, 1.54) is 4.98 Å².